The normalized spacial score (nSPS) is 17.1. The number of carbonyl (C=O) groups excluding carboxylic acids is 1. The van der Waals surface area contributed by atoms with E-state index >= 15 is 0 Å². The molecule has 1 amide bonds. The standard InChI is InChI=1S/C15H20N2O3S/c16-14(21)13(9-4-2-1-3-5-9)17-15(20)11-8-10(18)6-7-12(11)19/h6-9,13,18-19H,1-5H2,(H2,16,21)(H,17,20). The molecular weight excluding hydrogens is 288 g/mol. The highest BCUT2D eigenvalue weighted by molar-refractivity contribution is 7.80. The van der Waals surface area contributed by atoms with Gasteiger partial charge in [0.1, 0.15) is 11.5 Å². The van der Waals surface area contributed by atoms with Crippen LogP contribution >= 0.6 is 12.2 Å². The van der Waals surface area contributed by atoms with Crippen LogP contribution in [-0.4, -0.2) is 27.2 Å². The van der Waals surface area contributed by atoms with Gasteiger partial charge in [-0.15, -0.1) is 0 Å². The highest BCUT2D eigenvalue weighted by Gasteiger charge is 2.28. The van der Waals surface area contributed by atoms with Gasteiger partial charge in [-0.25, -0.2) is 0 Å². The maximum Gasteiger partial charge on any atom is 0.255 e. The largest absolute Gasteiger partial charge is 0.508 e. The molecule has 21 heavy (non-hydrogen) atoms. The number of hydrogen-bond donors (Lipinski definition) is 4. The maximum atomic E-state index is 12.3. The number of thiocarbonyl (C=S) groups is 1. The third-order valence-electron chi connectivity index (χ3n) is 3.94. The summed E-state index contributed by atoms with van der Waals surface area (Å²) in [6, 6.07) is 3.44. The molecule has 0 aliphatic heterocycles. The minimum atomic E-state index is -0.480. The third kappa shape index (κ3) is 3.85. The minimum Gasteiger partial charge on any atom is -0.508 e. The summed E-state index contributed by atoms with van der Waals surface area (Å²) in [6.45, 7) is 0. The molecule has 1 fully saturated rings. The molecule has 1 aliphatic carbocycles. The summed E-state index contributed by atoms with van der Waals surface area (Å²) in [7, 11) is 0. The van der Waals surface area contributed by atoms with Gasteiger partial charge < -0.3 is 21.3 Å². The van der Waals surface area contributed by atoms with Gasteiger partial charge in [0, 0.05) is 0 Å². The average molecular weight is 308 g/mol. The Labute approximate surface area is 129 Å². The molecule has 5 N–H and O–H groups in total. The van der Waals surface area contributed by atoms with Gasteiger partial charge in [-0.1, -0.05) is 31.5 Å². The number of aromatic hydroxyl groups is 2. The summed E-state index contributed by atoms with van der Waals surface area (Å²) < 4.78 is 0. The van der Waals surface area contributed by atoms with Crippen LogP contribution in [0.2, 0.25) is 0 Å². The molecule has 0 bridgehead atoms. The van der Waals surface area contributed by atoms with Gasteiger partial charge in [0.15, 0.2) is 0 Å². The molecule has 1 saturated carbocycles. The lowest BCUT2D eigenvalue weighted by molar-refractivity contribution is 0.0928. The monoisotopic (exact) mass is 308 g/mol. The number of amides is 1. The van der Waals surface area contributed by atoms with Crippen LogP contribution in [0, 0.1) is 5.92 Å². The van der Waals surface area contributed by atoms with Crippen molar-refractivity contribution >= 4 is 23.1 Å². The topological polar surface area (TPSA) is 95.6 Å². The van der Waals surface area contributed by atoms with Crippen molar-refractivity contribution in [3.63, 3.8) is 0 Å². The van der Waals surface area contributed by atoms with E-state index in [4.69, 9.17) is 18.0 Å². The van der Waals surface area contributed by atoms with Gasteiger partial charge in [-0.3, -0.25) is 4.79 Å². The number of benzene rings is 1. The molecular formula is C15H20N2O3S. The van der Waals surface area contributed by atoms with Crippen LogP contribution in [0.3, 0.4) is 0 Å². The second kappa shape index (κ2) is 6.76. The molecule has 2 rings (SSSR count). The number of nitrogens with one attached hydrogen (secondary N) is 1. The van der Waals surface area contributed by atoms with Crippen molar-refractivity contribution in [2.75, 3.05) is 0 Å². The average Bonchev–Trinajstić information content (AvgIpc) is 2.47. The molecule has 0 saturated heterocycles. The highest BCUT2D eigenvalue weighted by Crippen LogP contribution is 2.28. The van der Waals surface area contributed by atoms with E-state index in [0.717, 1.165) is 25.7 Å². The van der Waals surface area contributed by atoms with Crippen LogP contribution < -0.4 is 11.1 Å². The summed E-state index contributed by atoms with van der Waals surface area (Å²) in [5, 5.41) is 22.0. The molecule has 0 heterocycles. The highest BCUT2D eigenvalue weighted by atomic mass is 32.1. The zero-order chi connectivity index (χ0) is 15.4. The zero-order valence-corrected chi connectivity index (χ0v) is 12.5. The molecule has 1 aliphatic rings. The predicted octanol–water partition coefficient (Wildman–Crippen LogP) is 2.06. The second-order valence-corrected chi connectivity index (χ2v) is 5.92. The number of phenols is 2. The van der Waals surface area contributed by atoms with E-state index in [1.165, 1.54) is 24.6 Å². The first-order valence-electron chi connectivity index (χ1n) is 7.11. The molecule has 0 spiro atoms. The Kier molecular flexibility index (Phi) is 5.01. The quantitative estimate of drug-likeness (QED) is 0.504. The van der Waals surface area contributed by atoms with Crippen molar-refractivity contribution in [3.05, 3.63) is 23.8 Å². The van der Waals surface area contributed by atoms with Gasteiger partial charge in [0.25, 0.3) is 5.91 Å². The Morgan fingerprint density at radius 2 is 1.95 bits per heavy atom. The molecule has 114 valence electrons. The number of phenolic OH excluding ortho intramolecular Hbond substituents is 2. The Morgan fingerprint density at radius 1 is 1.29 bits per heavy atom. The smallest absolute Gasteiger partial charge is 0.255 e. The van der Waals surface area contributed by atoms with E-state index in [1.807, 2.05) is 0 Å². The molecule has 0 radical (unpaired) electrons. The maximum absolute atomic E-state index is 12.3. The number of rotatable bonds is 4. The predicted molar refractivity (Wildman–Crippen MR) is 84.4 cm³/mol. The number of hydrogen-bond acceptors (Lipinski definition) is 4. The second-order valence-electron chi connectivity index (χ2n) is 5.45. The van der Waals surface area contributed by atoms with Gasteiger partial charge in [0.2, 0.25) is 0 Å². The molecule has 1 unspecified atom stereocenters. The lowest BCUT2D eigenvalue weighted by Gasteiger charge is -2.30. The van der Waals surface area contributed by atoms with Crippen molar-refractivity contribution in [2.45, 2.75) is 38.1 Å². The van der Waals surface area contributed by atoms with E-state index in [-0.39, 0.29) is 34.0 Å². The fraction of sp³-hybridized carbons (Fsp3) is 0.467. The molecule has 0 aromatic heterocycles. The van der Waals surface area contributed by atoms with E-state index < -0.39 is 5.91 Å². The number of nitrogens with two attached hydrogens (primary N) is 1. The van der Waals surface area contributed by atoms with Crippen molar-refractivity contribution < 1.29 is 15.0 Å². The summed E-state index contributed by atoms with van der Waals surface area (Å²) >= 11 is 5.08. The summed E-state index contributed by atoms with van der Waals surface area (Å²) in [5.74, 6) is -0.510. The van der Waals surface area contributed by atoms with Gasteiger partial charge in [-0.2, -0.15) is 0 Å². The number of carbonyl (C=O) groups is 1. The van der Waals surface area contributed by atoms with Gasteiger partial charge in [0.05, 0.1) is 16.6 Å². The molecule has 1 aromatic carbocycles. The van der Waals surface area contributed by atoms with Crippen LogP contribution in [-0.2, 0) is 0 Å². The Balaban J connectivity index is 2.14. The lowest BCUT2D eigenvalue weighted by Crippen LogP contribution is -2.48. The Morgan fingerprint density at radius 3 is 2.57 bits per heavy atom. The Bertz CT molecular complexity index is 542. The van der Waals surface area contributed by atoms with Crippen molar-refractivity contribution in [1.82, 2.24) is 5.32 Å². The van der Waals surface area contributed by atoms with Crippen molar-refractivity contribution in [1.29, 1.82) is 0 Å². The molecule has 1 atom stereocenters. The van der Waals surface area contributed by atoms with E-state index in [9.17, 15) is 15.0 Å². The van der Waals surface area contributed by atoms with Gasteiger partial charge >= 0.3 is 0 Å². The SMILES string of the molecule is NC(=S)C(NC(=O)c1cc(O)ccc1O)C1CCCCC1. The van der Waals surface area contributed by atoms with Crippen LogP contribution in [0.5, 0.6) is 11.5 Å². The van der Waals surface area contributed by atoms with Crippen molar-refractivity contribution in [2.24, 2.45) is 11.7 Å². The summed E-state index contributed by atoms with van der Waals surface area (Å²) in [4.78, 5) is 12.5. The summed E-state index contributed by atoms with van der Waals surface area (Å²) in [6.07, 6.45) is 5.37. The molecule has 5 nitrogen and oxygen atoms in total. The van der Waals surface area contributed by atoms with E-state index in [2.05, 4.69) is 5.32 Å². The van der Waals surface area contributed by atoms with Crippen molar-refractivity contribution in [3.8, 4) is 11.5 Å². The fourth-order valence-corrected chi connectivity index (χ4v) is 3.07. The lowest BCUT2D eigenvalue weighted by atomic mass is 9.83. The first-order valence-corrected chi connectivity index (χ1v) is 7.52. The van der Waals surface area contributed by atoms with Crippen LogP contribution in [0.15, 0.2) is 18.2 Å². The van der Waals surface area contributed by atoms with Gasteiger partial charge in [-0.05, 0) is 37.0 Å². The first-order chi connectivity index (χ1) is 9.99. The Hall–Kier alpha value is -1.82. The molecule has 6 heteroatoms. The van der Waals surface area contributed by atoms with Crippen LogP contribution in [0.25, 0.3) is 0 Å². The zero-order valence-electron chi connectivity index (χ0n) is 11.7. The third-order valence-corrected chi connectivity index (χ3v) is 4.19. The first kappa shape index (κ1) is 15.6. The van der Waals surface area contributed by atoms with Crippen LogP contribution in [0.1, 0.15) is 42.5 Å². The fourth-order valence-electron chi connectivity index (χ4n) is 2.81. The van der Waals surface area contributed by atoms with Crippen LogP contribution in [0.4, 0.5) is 0 Å². The minimum absolute atomic E-state index is 0.0204. The summed E-state index contributed by atoms with van der Waals surface area (Å²) in [5.41, 5.74) is 5.79. The van der Waals surface area contributed by atoms with E-state index in [0.29, 0.717) is 0 Å². The van der Waals surface area contributed by atoms with E-state index in [1.54, 1.807) is 0 Å². The molecule has 1 aromatic rings.